The zero-order valence-corrected chi connectivity index (χ0v) is 14.2. The third-order valence-electron chi connectivity index (χ3n) is 4.22. The highest BCUT2D eigenvalue weighted by Gasteiger charge is 2.34. The molecule has 7 heteroatoms. The van der Waals surface area contributed by atoms with Crippen LogP contribution in [0.4, 0.5) is 0 Å². The van der Waals surface area contributed by atoms with Gasteiger partial charge in [-0.05, 0) is 30.5 Å². The molecule has 1 atom stereocenters. The van der Waals surface area contributed by atoms with Crippen LogP contribution in [0.2, 0.25) is 5.02 Å². The van der Waals surface area contributed by atoms with Crippen molar-refractivity contribution in [3.63, 3.8) is 0 Å². The highest BCUT2D eigenvalue weighted by molar-refractivity contribution is 6.30. The van der Waals surface area contributed by atoms with Gasteiger partial charge in [-0.25, -0.2) is 4.98 Å². The third kappa shape index (κ3) is 3.94. The Balaban J connectivity index is 1.66. The Morgan fingerprint density at radius 2 is 2.04 bits per heavy atom. The number of esters is 1. The van der Waals surface area contributed by atoms with Crippen molar-refractivity contribution in [3.05, 3.63) is 47.0 Å². The molecule has 128 valence electrons. The predicted molar refractivity (Wildman–Crippen MR) is 88.2 cm³/mol. The average molecular weight is 350 g/mol. The number of hydrogen-bond donors (Lipinski definition) is 1. The van der Waals surface area contributed by atoms with E-state index in [0.717, 1.165) is 31.2 Å². The van der Waals surface area contributed by atoms with E-state index in [4.69, 9.17) is 16.3 Å². The molecule has 1 aromatic heterocycles. The van der Waals surface area contributed by atoms with Crippen molar-refractivity contribution in [2.45, 2.75) is 44.9 Å². The Morgan fingerprint density at radius 3 is 2.71 bits per heavy atom. The Hall–Kier alpha value is -1.92. The van der Waals surface area contributed by atoms with Crippen molar-refractivity contribution in [3.8, 4) is 0 Å². The number of halogens is 1. The first-order valence-corrected chi connectivity index (χ1v) is 8.42. The van der Waals surface area contributed by atoms with Crippen LogP contribution in [0.5, 0.6) is 0 Å². The molecule has 0 radical (unpaired) electrons. The number of aromatic nitrogens is 3. The first-order chi connectivity index (χ1) is 11.4. The topological polar surface area (TPSA) is 77.2 Å². The fourth-order valence-electron chi connectivity index (χ4n) is 2.85. The summed E-state index contributed by atoms with van der Waals surface area (Å²) in [6, 6.07) is 7.38. The van der Waals surface area contributed by atoms with Crippen LogP contribution in [-0.2, 0) is 21.9 Å². The molecule has 1 aliphatic rings. The van der Waals surface area contributed by atoms with Crippen molar-refractivity contribution in [1.82, 2.24) is 14.8 Å². The van der Waals surface area contributed by atoms with Gasteiger partial charge in [0.1, 0.15) is 6.33 Å². The summed E-state index contributed by atoms with van der Waals surface area (Å²) in [5, 5.41) is 15.3. The van der Waals surface area contributed by atoms with Crippen molar-refractivity contribution < 1.29 is 14.6 Å². The molecule has 1 unspecified atom stereocenters. The number of hydrogen-bond acceptors (Lipinski definition) is 5. The van der Waals surface area contributed by atoms with Crippen LogP contribution in [0.1, 0.15) is 44.0 Å². The van der Waals surface area contributed by atoms with Gasteiger partial charge >= 0.3 is 11.9 Å². The van der Waals surface area contributed by atoms with Crippen molar-refractivity contribution in [2.75, 3.05) is 0 Å². The molecule has 0 bridgehead atoms. The van der Waals surface area contributed by atoms with E-state index in [1.165, 1.54) is 17.9 Å². The summed E-state index contributed by atoms with van der Waals surface area (Å²) in [6.07, 6.45) is 5.54. The zero-order valence-electron chi connectivity index (χ0n) is 13.5. The lowest BCUT2D eigenvalue weighted by Gasteiger charge is -2.24. The van der Waals surface area contributed by atoms with E-state index in [9.17, 15) is 9.90 Å². The molecule has 1 heterocycles. The van der Waals surface area contributed by atoms with Gasteiger partial charge in [-0.1, -0.05) is 36.6 Å². The molecule has 1 aromatic carbocycles. The maximum atomic E-state index is 12.1. The van der Waals surface area contributed by atoms with E-state index in [-0.39, 0.29) is 11.9 Å². The molecule has 24 heavy (non-hydrogen) atoms. The minimum absolute atomic E-state index is 0.131. The lowest BCUT2D eigenvalue weighted by molar-refractivity contribution is -0.250. The summed E-state index contributed by atoms with van der Waals surface area (Å²) < 4.78 is 6.42. The van der Waals surface area contributed by atoms with Gasteiger partial charge in [0.15, 0.2) is 5.82 Å². The second-order valence-corrected chi connectivity index (χ2v) is 6.68. The lowest BCUT2D eigenvalue weighted by Crippen LogP contribution is -2.37. The number of ether oxygens (including phenoxy) is 1. The Labute approximate surface area is 145 Å². The van der Waals surface area contributed by atoms with Crippen LogP contribution in [0.3, 0.4) is 0 Å². The average Bonchev–Trinajstić information content (AvgIpc) is 3.20. The molecule has 0 amide bonds. The molecule has 1 aliphatic carbocycles. The normalized spacial score (nSPS) is 17.6. The quantitative estimate of drug-likeness (QED) is 0.663. The number of carbonyl (C=O) groups excluding carboxylic acids is 1. The zero-order chi connectivity index (χ0) is 17.2. The van der Waals surface area contributed by atoms with E-state index in [1.54, 1.807) is 12.1 Å². The summed E-state index contributed by atoms with van der Waals surface area (Å²) >= 11 is 5.86. The molecule has 6 nitrogen and oxygen atoms in total. The molecule has 0 aliphatic heterocycles. The van der Waals surface area contributed by atoms with E-state index in [0.29, 0.717) is 17.3 Å². The van der Waals surface area contributed by atoms with Crippen molar-refractivity contribution in [1.29, 1.82) is 0 Å². The molecule has 1 saturated carbocycles. The molecule has 2 aromatic rings. The maximum absolute atomic E-state index is 12.1. The fraction of sp³-hybridized carbons (Fsp3) is 0.471. The SMILES string of the molecule is CC(O)(OC(=O)C1CCCC1)n1cnc(Cc2ccc(Cl)cc2)n1. The number of benzene rings is 1. The van der Waals surface area contributed by atoms with Crippen LogP contribution in [0, 0.1) is 5.92 Å². The van der Waals surface area contributed by atoms with Gasteiger partial charge in [0, 0.05) is 18.4 Å². The molecule has 1 N–H and O–H groups in total. The minimum atomic E-state index is -1.84. The summed E-state index contributed by atoms with van der Waals surface area (Å²) in [6.45, 7) is 1.39. The highest BCUT2D eigenvalue weighted by atomic mass is 35.5. The summed E-state index contributed by atoms with van der Waals surface area (Å²) in [4.78, 5) is 16.3. The second-order valence-electron chi connectivity index (χ2n) is 6.24. The van der Waals surface area contributed by atoms with E-state index < -0.39 is 5.91 Å². The summed E-state index contributed by atoms with van der Waals surface area (Å²) in [5.74, 6) is -1.83. The smallest absolute Gasteiger partial charge is 0.312 e. The molecular formula is C17H20ClN3O3. The van der Waals surface area contributed by atoms with Gasteiger partial charge in [0.25, 0.3) is 0 Å². The third-order valence-corrected chi connectivity index (χ3v) is 4.47. The van der Waals surface area contributed by atoms with Crippen molar-refractivity contribution >= 4 is 17.6 Å². The van der Waals surface area contributed by atoms with Crippen LogP contribution in [0.15, 0.2) is 30.6 Å². The Morgan fingerprint density at radius 1 is 1.38 bits per heavy atom. The van der Waals surface area contributed by atoms with Gasteiger partial charge < -0.3 is 9.84 Å². The number of rotatable bonds is 5. The monoisotopic (exact) mass is 349 g/mol. The van der Waals surface area contributed by atoms with Crippen LogP contribution in [-0.4, -0.2) is 25.8 Å². The minimum Gasteiger partial charge on any atom is -0.412 e. The second kappa shape index (κ2) is 6.91. The van der Waals surface area contributed by atoms with E-state index >= 15 is 0 Å². The van der Waals surface area contributed by atoms with Gasteiger partial charge in [0.05, 0.1) is 5.92 Å². The molecule has 0 saturated heterocycles. The summed E-state index contributed by atoms with van der Waals surface area (Å²) in [7, 11) is 0. The standard InChI is InChI=1S/C17H20ClN3O3/c1-17(23,24-16(22)13-4-2-3-5-13)21-11-19-15(20-21)10-12-6-8-14(18)9-7-12/h6-9,11,13,23H,2-5,10H2,1H3. The number of carbonyl (C=O) groups is 1. The first-order valence-electron chi connectivity index (χ1n) is 8.05. The Kier molecular flexibility index (Phi) is 4.87. The Bertz CT molecular complexity index is 706. The van der Waals surface area contributed by atoms with E-state index in [1.807, 2.05) is 12.1 Å². The van der Waals surface area contributed by atoms with Gasteiger partial charge in [-0.2, -0.15) is 9.78 Å². The molecule has 0 spiro atoms. The first kappa shape index (κ1) is 16.9. The fourth-order valence-corrected chi connectivity index (χ4v) is 2.97. The number of aliphatic hydroxyl groups is 1. The van der Waals surface area contributed by atoms with E-state index in [2.05, 4.69) is 10.1 Å². The van der Waals surface area contributed by atoms with Gasteiger partial charge in [-0.3, -0.25) is 4.79 Å². The van der Waals surface area contributed by atoms with Gasteiger partial charge in [0.2, 0.25) is 0 Å². The highest BCUT2D eigenvalue weighted by Crippen LogP contribution is 2.28. The summed E-state index contributed by atoms with van der Waals surface area (Å²) in [5.41, 5.74) is 1.000. The maximum Gasteiger partial charge on any atom is 0.312 e. The van der Waals surface area contributed by atoms with Crippen LogP contribution in [0.25, 0.3) is 0 Å². The van der Waals surface area contributed by atoms with Crippen LogP contribution < -0.4 is 0 Å². The molecule has 1 fully saturated rings. The number of nitrogens with zero attached hydrogens (tertiary/aromatic N) is 3. The van der Waals surface area contributed by atoms with Gasteiger partial charge in [-0.15, -0.1) is 0 Å². The van der Waals surface area contributed by atoms with Crippen molar-refractivity contribution in [2.24, 2.45) is 5.92 Å². The predicted octanol–water partition coefficient (Wildman–Crippen LogP) is 2.88. The molecule has 3 rings (SSSR count). The largest absolute Gasteiger partial charge is 0.412 e. The van der Waals surface area contributed by atoms with Crippen LogP contribution >= 0.6 is 11.6 Å². The molecular weight excluding hydrogens is 330 g/mol. The lowest BCUT2D eigenvalue weighted by atomic mass is 10.1.